The lowest BCUT2D eigenvalue weighted by molar-refractivity contribution is -0.133. The predicted octanol–water partition coefficient (Wildman–Crippen LogP) is 4.84. The highest BCUT2D eigenvalue weighted by atomic mass is 32.1. The Hall–Kier alpha value is -1.05. The third-order valence-electron chi connectivity index (χ3n) is 7.55. The summed E-state index contributed by atoms with van der Waals surface area (Å²) in [6, 6.07) is -0.398. The molecule has 5 heteroatoms. The van der Waals surface area contributed by atoms with Crippen molar-refractivity contribution in [3.8, 4) is 0 Å². The Kier molecular flexibility index (Phi) is 5.42. The average Bonchev–Trinajstić information content (AvgIpc) is 2.98. The third kappa shape index (κ3) is 3.54. The maximum Gasteiger partial charge on any atom is 0.255 e. The van der Waals surface area contributed by atoms with E-state index >= 15 is 0 Å². The molecule has 0 aromatic heterocycles. The summed E-state index contributed by atoms with van der Waals surface area (Å²) >= 11 is 4.82. The first-order valence-electron chi connectivity index (χ1n) is 10.1. The number of allylic oxidation sites excluding steroid dienone is 1. The summed E-state index contributed by atoms with van der Waals surface area (Å²) in [5.74, 6) is 0.666. The van der Waals surface area contributed by atoms with E-state index in [2.05, 4.69) is 28.5 Å². The predicted molar refractivity (Wildman–Crippen MR) is 111 cm³/mol. The summed E-state index contributed by atoms with van der Waals surface area (Å²) in [6.07, 6.45) is 5.42. The third-order valence-corrected chi connectivity index (χ3v) is 7.64. The second-order valence-electron chi connectivity index (χ2n) is 9.77. The van der Waals surface area contributed by atoms with Gasteiger partial charge in [-0.3, -0.25) is 0 Å². The minimum absolute atomic E-state index is 0.00276. The molecule has 1 saturated heterocycles. The smallest absolute Gasteiger partial charge is 0.255 e. The quantitative estimate of drug-likeness (QED) is 0.326. The van der Waals surface area contributed by atoms with Crippen molar-refractivity contribution in [1.82, 2.24) is 0 Å². The lowest BCUT2D eigenvalue weighted by atomic mass is 9.55. The fourth-order valence-electron chi connectivity index (χ4n) is 5.88. The molecule has 0 bridgehead atoms. The van der Waals surface area contributed by atoms with Crippen LogP contribution in [0, 0.1) is 24.3 Å². The minimum atomic E-state index is -0.937. The Morgan fingerprint density at radius 2 is 2.04 bits per heavy atom. The monoisotopic (exact) mass is 388 g/mol. The van der Waals surface area contributed by atoms with Crippen LogP contribution in [-0.4, -0.2) is 39.2 Å². The molecule has 2 saturated carbocycles. The van der Waals surface area contributed by atoms with Gasteiger partial charge in [0.2, 0.25) is 0 Å². The molecule has 1 heterocycles. The van der Waals surface area contributed by atoms with Crippen molar-refractivity contribution in [3.05, 3.63) is 23.6 Å². The van der Waals surface area contributed by atoms with Gasteiger partial charge in [0.25, 0.3) is 6.04 Å². The molecule has 27 heavy (non-hydrogen) atoms. The van der Waals surface area contributed by atoms with Gasteiger partial charge in [-0.2, -0.15) is 0 Å². The number of isothiocyanates is 1. The molecule has 0 spiro atoms. The molecule has 0 unspecified atom stereocenters. The molecule has 3 aliphatic rings. The standard InChI is InChI=1S/C22H32N2O2S/c1-14-7-8-16(18-15(14)9-11-21(4,25)19(18)23-6)22(5)12-10-17(26-22)20(2,3)24-13-27/h15-19,25H,1,7-12H2,2-5H3/t15-,16+,17+,18+,19-,21-,22-/m1/s1. The minimum Gasteiger partial charge on any atom is -0.382 e. The number of rotatable bonds is 3. The van der Waals surface area contributed by atoms with E-state index in [9.17, 15) is 5.11 Å². The van der Waals surface area contributed by atoms with E-state index in [1.54, 1.807) is 0 Å². The zero-order valence-electron chi connectivity index (χ0n) is 17.0. The lowest BCUT2D eigenvalue weighted by Crippen LogP contribution is -2.57. The van der Waals surface area contributed by atoms with Crippen molar-refractivity contribution in [2.75, 3.05) is 0 Å². The van der Waals surface area contributed by atoms with Gasteiger partial charge in [0, 0.05) is 5.92 Å². The van der Waals surface area contributed by atoms with Crippen molar-refractivity contribution < 1.29 is 9.84 Å². The summed E-state index contributed by atoms with van der Waals surface area (Å²) in [5.41, 5.74) is -0.384. The highest BCUT2D eigenvalue weighted by Gasteiger charge is 2.60. The van der Waals surface area contributed by atoms with E-state index in [-0.39, 0.29) is 23.5 Å². The van der Waals surface area contributed by atoms with Crippen LogP contribution in [0.1, 0.15) is 66.2 Å². The van der Waals surface area contributed by atoms with Gasteiger partial charge in [0.1, 0.15) is 5.60 Å². The van der Waals surface area contributed by atoms with Crippen LogP contribution >= 0.6 is 12.2 Å². The van der Waals surface area contributed by atoms with E-state index < -0.39 is 17.2 Å². The van der Waals surface area contributed by atoms with E-state index in [1.807, 2.05) is 20.8 Å². The number of hydrogen-bond donors (Lipinski definition) is 1. The van der Waals surface area contributed by atoms with Crippen LogP contribution in [-0.2, 0) is 4.74 Å². The SMILES string of the molecule is [C-]#[N+][C@@H]1[C@H]2[C@H](CC[C@@]1(C)O)C(=C)CC[C@@H]2[C@@]1(C)CC[C@@H](C(C)(C)N=C=S)O1. The Morgan fingerprint density at radius 3 is 2.67 bits per heavy atom. The zero-order valence-corrected chi connectivity index (χ0v) is 17.8. The largest absolute Gasteiger partial charge is 0.382 e. The number of nitrogens with zero attached hydrogens (tertiary/aromatic N) is 2. The molecular formula is C22H32N2O2S. The highest BCUT2D eigenvalue weighted by Crippen LogP contribution is 2.56. The van der Waals surface area contributed by atoms with Crippen LogP contribution < -0.4 is 0 Å². The van der Waals surface area contributed by atoms with Crippen molar-refractivity contribution in [3.63, 3.8) is 0 Å². The summed E-state index contributed by atoms with van der Waals surface area (Å²) in [5, 5.41) is 13.4. The molecule has 4 nitrogen and oxygen atoms in total. The molecule has 2 aliphatic carbocycles. The maximum atomic E-state index is 10.9. The molecule has 7 atom stereocenters. The second kappa shape index (κ2) is 7.08. The van der Waals surface area contributed by atoms with Gasteiger partial charge in [-0.25, -0.2) is 11.6 Å². The zero-order chi connectivity index (χ0) is 20.0. The number of fused-ring (bicyclic) bond motifs is 1. The molecule has 0 amide bonds. The van der Waals surface area contributed by atoms with Crippen LogP contribution in [0.2, 0.25) is 0 Å². The van der Waals surface area contributed by atoms with Crippen molar-refractivity contribution in [2.45, 2.75) is 95.1 Å². The van der Waals surface area contributed by atoms with Crippen molar-refractivity contribution in [2.24, 2.45) is 22.7 Å². The molecule has 0 radical (unpaired) electrons. The Morgan fingerprint density at radius 1 is 1.33 bits per heavy atom. The number of ether oxygens (including phenoxy) is 1. The highest BCUT2D eigenvalue weighted by molar-refractivity contribution is 7.78. The van der Waals surface area contributed by atoms with E-state index in [4.69, 9.17) is 23.5 Å². The Labute approximate surface area is 168 Å². The van der Waals surface area contributed by atoms with Gasteiger partial charge in [-0.1, -0.05) is 12.2 Å². The van der Waals surface area contributed by atoms with Crippen LogP contribution in [0.4, 0.5) is 0 Å². The molecule has 0 aromatic carbocycles. The van der Waals surface area contributed by atoms with Gasteiger partial charge in [0.05, 0.1) is 22.4 Å². The van der Waals surface area contributed by atoms with Crippen LogP contribution in [0.25, 0.3) is 4.85 Å². The fraction of sp³-hybridized carbons (Fsp3) is 0.818. The van der Waals surface area contributed by atoms with Gasteiger partial charge in [-0.15, -0.1) is 0 Å². The summed E-state index contributed by atoms with van der Waals surface area (Å²) in [6.45, 7) is 20.3. The first kappa shape index (κ1) is 20.7. The maximum absolute atomic E-state index is 10.9. The number of thiocarbonyl (C=S) groups is 1. The number of aliphatic hydroxyl groups is 1. The van der Waals surface area contributed by atoms with E-state index in [0.717, 1.165) is 32.1 Å². The Bertz CT molecular complexity index is 704. The molecule has 3 fully saturated rings. The fourth-order valence-corrected chi connectivity index (χ4v) is 6.11. The van der Waals surface area contributed by atoms with Crippen LogP contribution in [0.5, 0.6) is 0 Å². The van der Waals surface area contributed by atoms with Crippen LogP contribution in [0.3, 0.4) is 0 Å². The van der Waals surface area contributed by atoms with Crippen molar-refractivity contribution >= 4 is 17.4 Å². The molecule has 1 N–H and O–H groups in total. The summed E-state index contributed by atoms with van der Waals surface area (Å²) in [4.78, 5) is 8.26. The van der Waals surface area contributed by atoms with Gasteiger partial charge >= 0.3 is 0 Å². The number of aliphatic imine (C=N–C) groups is 1. The van der Waals surface area contributed by atoms with E-state index in [0.29, 0.717) is 12.3 Å². The lowest BCUT2D eigenvalue weighted by Gasteiger charge is -2.51. The normalized spacial score (nSPS) is 44.9. The van der Waals surface area contributed by atoms with Gasteiger partial charge < -0.3 is 14.7 Å². The molecule has 3 rings (SSSR count). The summed E-state index contributed by atoms with van der Waals surface area (Å²) in [7, 11) is 0. The van der Waals surface area contributed by atoms with Crippen molar-refractivity contribution in [1.29, 1.82) is 0 Å². The molecule has 1 aliphatic heterocycles. The Balaban J connectivity index is 1.92. The number of hydrogen-bond acceptors (Lipinski definition) is 4. The molecule has 0 aromatic rings. The first-order valence-corrected chi connectivity index (χ1v) is 10.5. The van der Waals surface area contributed by atoms with Crippen LogP contribution in [0.15, 0.2) is 17.1 Å². The van der Waals surface area contributed by atoms with E-state index in [1.165, 1.54) is 5.57 Å². The molecular weight excluding hydrogens is 356 g/mol. The average molecular weight is 389 g/mol. The van der Waals surface area contributed by atoms with Gasteiger partial charge in [-0.05, 0) is 90.3 Å². The first-order chi connectivity index (χ1) is 12.6. The second-order valence-corrected chi connectivity index (χ2v) is 9.95. The molecule has 148 valence electrons. The van der Waals surface area contributed by atoms with Gasteiger partial charge in [0.15, 0.2) is 0 Å². The topological polar surface area (TPSA) is 46.2 Å². The summed E-state index contributed by atoms with van der Waals surface area (Å²) < 4.78 is 6.66.